The fourth-order valence-corrected chi connectivity index (χ4v) is 0.933. The zero-order valence-corrected chi connectivity index (χ0v) is 9.90. The van der Waals surface area contributed by atoms with Crippen molar-refractivity contribution in [3.63, 3.8) is 0 Å². The zero-order chi connectivity index (χ0) is 6.78. The van der Waals surface area contributed by atoms with Gasteiger partial charge in [0.05, 0.1) is 7.14 Å². The third-order valence-electron chi connectivity index (χ3n) is 0.510. The van der Waals surface area contributed by atoms with Gasteiger partial charge in [-0.05, 0) is 13.3 Å². The molecule has 0 aliphatic rings. The first-order valence-corrected chi connectivity index (χ1v) is 4.94. The van der Waals surface area contributed by atoms with E-state index in [1.807, 2.05) is 0 Å². The van der Waals surface area contributed by atoms with Crippen LogP contribution in [-0.4, -0.2) is 25.5 Å². The summed E-state index contributed by atoms with van der Waals surface area (Å²) in [6, 6.07) is 0. The van der Waals surface area contributed by atoms with Crippen molar-refractivity contribution in [2.24, 2.45) is 0 Å². The SMILES string of the molecule is CP(C)(=O)CC(=O)[O-].[K+]. The summed E-state index contributed by atoms with van der Waals surface area (Å²) < 4.78 is 10.6. The number of aliphatic carboxylic acids is 1. The Kier molecular flexibility index (Phi) is 7.27. The summed E-state index contributed by atoms with van der Waals surface area (Å²) in [5.74, 6) is -1.24. The molecule has 0 amide bonds. The van der Waals surface area contributed by atoms with Gasteiger partial charge in [-0.25, -0.2) is 0 Å². The molecule has 0 unspecified atom stereocenters. The van der Waals surface area contributed by atoms with Crippen molar-refractivity contribution < 1.29 is 65.9 Å². The first-order chi connectivity index (χ1) is 3.42. The molecule has 0 aliphatic heterocycles. The minimum atomic E-state index is -2.38. The first-order valence-electron chi connectivity index (χ1n) is 2.16. The van der Waals surface area contributed by atoms with Crippen molar-refractivity contribution >= 4 is 13.1 Å². The molecule has 0 heterocycles. The van der Waals surface area contributed by atoms with Gasteiger partial charge in [-0.15, -0.1) is 0 Å². The zero-order valence-electron chi connectivity index (χ0n) is 5.88. The van der Waals surface area contributed by atoms with E-state index in [-0.39, 0.29) is 57.5 Å². The van der Waals surface area contributed by atoms with Crippen molar-refractivity contribution in [1.82, 2.24) is 0 Å². The standard InChI is InChI=1S/C4H9O3P.K/c1-8(2,7)3-4(5)6;/h3H2,1-2H3,(H,5,6);/q;+1/p-1. The minimum Gasteiger partial charge on any atom is -0.550 e. The molecule has 0 aromatic heterocycles. The second kappa shape index (κ2) is 5.05. The van der Waals surface area contributed by atoms with Crippen LogP contribution in [-0.2, 0) is 9.36 Å². The number of rotatable bonds is 2. The van der Waals surface area contributed by atoms with Gasteiger partial charge < -0.3 is 14.5 Å². The smallest absolute Gasteiger partial charge is 0.550 e. The molecule has 0 radical (unpaired) electrons. The van der Waals surface area contributed by atoms with Gasteiger partial charge in [0, 0.05) is 12.1 Å². The van der Waals surface area contributed by atoms with Gasteiger partial charge in [0.2, 0.25) is 0 Å². The summed E-state index contributed by atoms with van der Waals surface area (Å²) in [5.41, 5.74) is 0. The van der Waals surface area contributed by atoms with E-state index in [0.717, 1.165) is 0 Å². The van der Waals surface area contributed by atoms with Crippen LogP contribution in [0, 0.1) is 0 Å². The molecule has 0 atom stereocenters. The van der Waals surface area contributed by atoms with Crippen LogP contribution in [0.2, 0.25) is 0 Å². The van der Waals surface area contributed by atoms with Gasteiger partial charge in [-0.1, -0.05) is 0 Å². The molecule has 5 heteroatoms. The number of carbonyl (C=O) groups excluding carboxylic acids is 1. The summed E-state index contributed by atoms with van der Waals surface area (Å²) >= 11 is 0. The molecule has 0 fully saturated rings. The van der Waals surface area contributed by atoms with E-state index in [2.05, 4.69) is 0 Å². The van der Waals surface area contributed by atoms with Crippen LogP contribution in [0.25, 0.3) is 0 Å². The molecule has 3 nitrogen and oxygen atoms in total. The van der Waals surface area contributed by atoms with Crippen LogP contribution in [0.4, 0.5) is 0 Å². The van der Waals surface area contributed by atoms with Crippen LogP contribution in [0.15, 0.2) is 0 Å². The van der Waals surface area contributed by atoms with Crippen LogP contribution in [0.5, 0.6) is 0 Å². The Bertz CT molecular complexity index is 139. The molecule has 0 aromatic carbocycles. The van der Waals surface area contributed by atoms with Gasteiger partial charge in [0.25, 0.3) is 0 Å². The predicted molar refractivity (Wildman–Crippen MR) is 29.3 cm³/mol. The largest absolute Gasteiger partial charge is 1.00 e. The Balaban J connectivity index is 0. The number of carboxylic acids is 1. The van der Waals surface area contributed by atoms with Crippen molar-refractivity contribution in [1.29, 1.82) is 0 Å². The Hall–Kier alpha value is 1.34. The summed E-state index contributed by atoms with van der Waals surface area (Å²) in [7, 11) is -2.38. The van der Waals surface area contributed by atoms with E-state index in [1.54, 1.807) is 0 Å². The van der Waals surface area contributed by atoms with Gasteiger partial charge in [0.15, 0.2) is 0 Å². The van der Waals surface area contributed by atoms with E-state index in [1.165, 1.54) is 13.3 Å². The molecular weight excluding hydrogens is 166 g/mol. The molecule has 0 N–H and O–H groups in total. The maximum absolute atomic E-state index is 10.6. The number of hydrogen-bond donors (Lipinski definition) is 0. The average molecular weight is 174 g/mol. The summed E-state index contributed by atoms with van der Waals surface area (Å²) in [4.78, 5) is 9.73. The van der Waals surface area contributed by atoms with E-state index in [4.69, 9.17) is 0 Å². The summed E-state index contributed by atoms with van der Waals surface area (Å²) in [6.07, 6.45) is -0.313. The Morgan fingerprint density at radius 2 is 1.89 bits per heavy atom. The third-order valence-corrected chi connectivity index (χ3v) is 1.53. The Labute approximate surface area is 97.0 Å². The van der Waals surface area contributed by atoms with E-state index in [9.17, 15) is 14.5 Å². The van der Waals surface area contributed by atoms with Gasteiger partial charge in [-0.2, -0.15) is 0 Å². The monoisotopic (exact) mass is 174 g/mol. The molecule has 9 heavy (non-hydrogen) atoms. The first kappa shape index (κ1) is 13.0. The molecule has 0 saturated carbocycles. The number of carbonyl (C=O) groups is 1. The molecule has 0 saturated heterocycles. The minimum absolute atomic E-state index is 0. The topological polar surface area (TPSA) is 57.2 Å². The van der Waals surface area contributed by atoms with Crippen molar-refractivity contribution in [2.75, 3.05) is 19.5 Å². The molecule has 48 valence electrons. The van der Waals surface area contributed by atoms with Crippen molar-refractivity contribution in [3.8, 4) is 0 Å². The molecule has 0 rings (SSSR count). The molecular formula is C4H8KO3P. The van der Waals surface area contributed by atoms with Crippen LogP contribution >= 0.6 is 7.14 Å². The Morgan fingerprint density at radius 1 is 1.56 bits per heavy atom. The molecule has 0 aromatic rings. The van der Waals surface area contributed by atoms with Crippen molar-refractivity contribution in [3.05, 3.63) is 0 Å². The van der Waals surface area contributed by atoms with E-state index < -0.39 is 13.1 Å². The average Bonchev–Trinajstić information content (AvgIpc) is 1.21. The van der Waals surface area contributed by atoms with E-state index in [0.29, 0.717) is 0 Å². The van der Waals surface area contributed by atoms with Gasteiger partial charge >= 0.3 is 51.4 Å². The third kappa shape index (κ3) is 12.5. The van der Waals surface area contributed by atoms with Crippen LogP contribution in [0.1, 0.15) is 0 Å². The maximum Gasteiger partial charge on any atom is 1.00 e. The van der Waals surface area contributed by atoms with Crippen LogP contribution < -0.4 is 56.5 Å². The Morgan fingerprint density at radius 3 is 1.89 bits per heavy atom. The second-order valence-electron chi connectivity index (χ2n) is 2.10. The number of hydrogen-bond acceptors (Lipinski definition) is 3. The summed E-state index contributed by atoms with van der Waals surface area (Å²) in [5, 5.41) is 9.73. The van der Waals surface area contributed by atoms with Gasteiger partial charge in [-0.3, -0.25) is 0 Å². The number of carboxylic acid groups (broad SMARTS) is 1. The van der Waals surface area contributed by atoms with Gasteiger partial charge in [0.1, 0.15) is 0 Å². The normalized spacial score (nSPS) is 10.0. The summed E-state index contributed by atoms with van der Waals surface area (Å²) in [6.45, 7) is 2.84. The molecule has 0 aliphatic carbocycles. The second-order valence-corrected chi connectivity index (χ2v) is 5.57. The quantitative estimate of drug-likeness (QED) is 0.320. The van der Waals surface area contributed by atoms with Crippen molar-refractivity contribution in [2.45, 2.75) is 0 Å². The van der Waals surface area contributed by atoms with E-state index >= 15 is 0 Å². The molecule has 0 bridgehead atoms. The fourth-order valence-electron chi connectivity index (χ4n) is 0.311. The molecule has 0 spiro atoms. The predicted octanol–water partition coefficient (Wildman–Crippen LogP) is -3.64. The maximum atomic E-state index is 10.6. The van der Waals surface area contributed by atoms with Crippen LogP contribution in [0.3, 0.4) is 0 Å². The fraction of sp³-hybridized carbons (Fsp3) is 0.750.